The number of hydrogen-bond donors (Lipinski definition) is 4. The van der Waals surface area contributed by atoms with E-state index < -0.39 is 0 Å². The Kier molecular flexibility index (Phi) is 7.97. The molecule has 0 amide bonds. The lowest BCUT2D eigenvalue weighted by Gasteiger charge is -2.11. The molecule has 0 fully saturated rings. The number of nitrogens with one attached hydrogen (secondary N) is 3. The molecule has 0 aliphatic heterocycles. The number of nitrogens with zero attached hydrogens (tertiary/aromatic N) is 1. The van der Waals surface area contributed by atoms with Crippen LogP contribution in [0, 0.1) is 6.92 Å². The Morgan fingerprint density at radius 2 is 1.96 bits per heavy atom. The van der Waals surface area contributed by atoms with Crippen LogP contribution in [0.4, 0.5) is 0 Å². The molecule has 1 aromatic heterocycles. The molecule has 27 heavy (non-hydrogen) atoms. The van der Waals surface area contributed by atoms with Gasteiger partial charge in [0.05, 0.1) is 6.54 Å². The van der Waals surface area contributed by atoms with Crippen LogP contribution >= 0.6 is 24.0 Å². The third-order valence-corrected chi connectivity index (χ3v) is 4.36. The van der Waals surface area contributed by atoms with Crippen molar-refractivity contribution in [2.75, 3.05) is 13.1 Å². The van der Waals surface area contributed by atoms with Gasteiger partial charge in [0.25, 0.3) is 0 Å². The van der Waals surface area contributed by atoms with Crippen LogP contribution in [-0.2, 0) is 13.0 Å². The molecule has 1 heterocycles. The van der Waals surface area contributed by atoms with Gasteiger partial charge in [-0.05, 0) is 55.2 Å². The van der Waals surface area contributed by atoms with E-state index in [1.807, 2.05) is 12.1 Å². The van der Waals surface area contributed by atoms with E-state index in [9.17, 15) is 5.11 Å². The Hall–Kier alpha value is -2.22. The molecular formula is C21H27IN4O. The number of benzene rings is 2. The summed E-state index contributed by atoms with van der Waals surface area (Å²) in [7, 11) is 0. The lowest BCUT2D eigenvalue weighted by atomic mass is 10.1. The van der Waals surface area contributed by atoms with Crippen LogP contribution in [0.1, 0.15) is 23.6 Å². The van der Waals surface area contributed by atoms with Crippen LogP contribution in [0.5, 0.6) is 5.75 Å². The van der Waals surface area contributed by atoms with E-state index in [0.29, 0.717) is 6.54 Å². The Bertz CT molecular complexity index is 904. The van der Waals surface area contributed by atoms with Gasteiger partial charge >= 0.3 is 0 Å². The summed E-state index contributed by atoms with van der Waals surface area (Å²) in [5.41, 5.74) is 4.77. The maximum absolute atomic E-state index is 9.55. The molecule has 2 aromatic carbocycles. The second-order valence-electron chi connectivity index (χ2n) is 6.35. The van der Waals surface area contributed by atoms with Crippen molar-refractivity contribution < 1.29 is 5.11 Å². The summed E-state index contributed by atoms with van der Waals surface area (Å²) in [6.07, 6.45) is 3.01. The SMILES string of the molecule is CCNC(=NCc1cccc(O)c1)NCCc1c[nH]c2cccc(C)c12.I. The Morgan fingerprint density at radius 3 is 2.74 bits per heavy atom. The predicted molar refractivity (Wildman–Crippen MR) is 123 cm³/mol. The molecule has 0 aliphatic carbocycles. The number of aliphatic imine (C=N–C) groups is 1. The van der Waals surface area contributed by atoms with E-state index >= 15 is 0 Å². The van der Waals surface area contributed by atoms with Crippen molar-refractivity contribution >= 4 is 40.8 Å². The minimum atomic E-state index is 0. The number of guanidine groups is 1. The molecule has 0 radical (unpaired) electrons. The van der Waals surface area contributed by atoms with Gasteiger partial charge in [-0.1, -0.05) is 24.3 Å². The van der Waals surface area contributed by atoms with E-state index in [1.165, 1.54) is 22.0 Å². The number of hydrogen-bond acceptors (Lipinski definition) is 2. The fourth-order valence-corrected chi connectivity index (χ4v) is 3.13. The third-order valence-electron chi connectivity index (χ3n) is 4.36. The highest BCUT2D eigenvalue weighted by molar-refractivity contribution is 14.0. The summed E-state index contributed by atoms with van der Waals surface area (Å²) < 4.78 is 0. The van der Waals surface area contributed by atoms with Crippen molar-refractivity contribution in [2.24, 2.45) is 4.99 Å². The van der Waals surface area contributed by atoms with Gasteiger partial charge in [-0.2, -0.15) is 0 Å². The number of H-pyrrole nitrogens is 1. The minimum absolute atomic E-state index is 0. The zero-order valence-corrected chi connectivity index (χ0v) is 18.1. The minimum Gasteiger partial charge on any atom is -0.508 e. The maximum atomic E-state index is 9.55. The second-order valence-corrected chi connectivity index (χ2v) is 6.35. The first kappa shape index (κ1) is 21.1. The third kappa shape index (κ3) is 5.63. The topological polar surface area (TPSA) is 72.4 Å². The summed E-state index contributed by atoms with van der Waals surface area (Å²) >= 11 is 0. The zero-order valence-electron chi connectivity index (χ0n) is 15.7. The van der Waals surface area contributed by atoms with Crippen molar-refractivity contribution in [1.29, 1.82) is 0 Å². The molecule has 0 aliphatic rings. The lowest BCUT2D eigenvalue weighted by molar-refractivity contribution is 0.474. The summed E-state index contributed by atoms with van der Waals surface area (Å²) in [5.74, 6) is 1.05. The van der Waals surface area contributed by atoms with Gasteiger partial charge in [-0.25, -0.2) is 4.99 Å². The van der Waals surface area contributed by atoms with Gasteiger partial charge in [0.2, 0.25) is 0 Å². The standard InChI is InChI=1S/C21H26N4O.HI/c1-3-22-21(25-13-16-7-5-8-18(26)12-16)23-11-10-17-14-24-19-9-4-6-15(2)20(17)19;/h4-9,12,14,24,26H,3,10-11,13H2,1-2H3,(H2,22,23,25);1H. The molecule has 0 saturated heterocycles. The molecule has 0 spiro atoms. The first-order valence-corrected chi connectivity index (χ1v) is 9.03. The number of aromatic amines is 1. The number of aryl methyl sites for hydroxylation is 1. The number of fused-ring (bicyclic) bond motifs is 1. The molecule has 6 heteroatoms. The van der Waals surface area contributed by atoms with E-state index in [-0.39, 0.29) is 29.7 Å². The number of phenols is 1. The van der Waals surface area contributed by atoms with Crippen molar-refractivity contribution in [3.05, 3.63) is 65.4 Å². The monoisotopic (exact) mass is 478 g/mol. The smallest absolute Gasteiger partial charge is 0.191 e. The summed E-state index contributed by atoms with van der Waals surface area (Å²) in [6, 6.07) is 13.5. The van der Waals surface area contributed by atoms with Crippen LogP contribution in [0.3, 0.4) is 0 Å². The highest BCUT2D eigenvalue weighted by atomic mass is 127. The predicted octanol–water partition coefficient (Wildman–Crippen LogP) is 4.10. The molecule has 0 saturated carbocycles. The van der Waals surface area contributed by atoms with Gasteiger partial charge in [0.15, 0.2) is 5.96 Å². The molecule has 5 nitrogen and oxygen atoms in total. The van der Waals surface area contributed by atoms with Crippen molar-refractivity contribution in [3.8, 4) is 5.75 Å². The lowest BCUT2D eigenvalue weighted by Crippen LogP contribution is -2.38. The molecular weight excluding hydrogens is 451 g/mol. The molecule has 4 N–H and O–H groups in total. The van der Waals surface area contributed by atoms with E-state index in [1.54, 1.807) is 12.1 Å². The van der Waals surface area contributed by atoms with Gasteiger partial charge in [-0.3, -0.25) is 0 Å². The molecule has 144 valence electrons. The highest BCUT2D eigenvalue weighted by Crippen LogP contribution is 2.22. The van der Waals surface area contributed by atoms with E-state index in [0.717, 1.165) is 31.0 Å². The maximum Gasteiger partial charge on any atom is 0.191 e. The molecule has 3 rings (SSSR count). The Labute approximate surface area is 177 Å². The second kappa shape index (κ2) is 10.2. The van der Waals surface area contributed by atoms with Crippen LogP contribution in [0.15, 0.2) is 53.7 Å². The van der Waals surface area contributed by atoms with Crippen molar-refractivity contribution in [2.45, 2.75) is 26.8 Å². The average molecular weight is 478 g/mol. The Morgan fingerprint density at radius 1 is 1.15 bits per heavy atom. The number of aromatic nitrogens is 1. The van der Waals surface area contributed by atoms with Crippen LogP contribution in [0.25, 0.3) is 10.9 Å². The molecule has 3 aromatic rings. The summed E-state index contributed by atoms with van der Waals surface area (Å²) in [5, 5.41) is 17.5. The van der Waals surface area contributed by atoms with Crippen molar-refractivity contribution in [3.63, 3.8) is 0 Å². The molecule has 0 bridgehead atoms. The van der Waals surface area contributed by atoms with E-state index in [2.05, 4.69) is 58.9 Å². The fourth-order valence-electron chi connectivity index (χ4n) is 3.13. The quantitative estimate of drug-likeness (QED) is 0.245. The van der Waals surface area contributed by atoms with Crippen molar-refractivity contribution in [1.82, 2.24) is 15.6 Å². The summed E-state index contributed by atoms with van der Waals surface area (Å²) in [6.45, 7) is 6.32. The molecule has 0 atom stereocenters. The molecule has 0 unspecified atom stereocenters. The summed E-state index contributed by atoms with van der Waals surface area (Å²) in [4.78, 5) is 7.95. The number of halogens is 1. The van der Waals surface area contributed by atoms with E-state index in [4.69, 9.17) is 0 Å². The first-order valence-electron chi connectivity index (χ1n) is 9.03. The first-order chi connectivity index (χ1) is 12.7. The van der Waals surface area contributed by atoms with Crippen LogP contribution < -0.4 is 10.6 Å². The zero-order chi connectivity index (χ0) is 18.4. The highest BCUT2D eigenvalue weighted by Gasteiger charge is 2.06. The van der Waals surface area contributed by atoms with Gasteiger partial charge < -0.3 is 20.7 Å². The van der Waals surface area contributed by atoms with Crippen LogP contribution in [-0.4, -0.2) is 29.1 Å². The van der Waals surface area contributed by atoms with Gasteiger partial charge in [0.1, 0.15) is 5.75 Å². The van der Waals surface area contributed by atoms with Gasteiger partial charge in [-0.15, -0.1) is 24.0 Å². The van der Waals surface area contributed by atoms with Gasteiger partial charge in [0, 0.05) is 30.2 Å². The number of aromatic hydroxyl groups is 1. The number of phenolic OH excluding ortho intramolecular Hbond substituents is 1. The average Bonchev–Trinajstić information content (AvgIpc) is 3.04. The Balaban J connectivity index is 0.00000261. The number of rotatable bonds is 6. The fraction of sp³-hybridized carbons (Fsp3) is 0.286. The van der Waals surface area contributed by atoms with Crippen LogP contribution in [0.2, 0.25) is 0 Å². The normalized spacial score (nSPS) is 11.3. The largest absolute Gasteiger partial charge is 0.508 e.